The normalized spacial score (nSPS) is 18.7. The Hall–Kier alpha value is -1.84. The molecule has 2 aromatic heterocycles. The van der Waals surface area contributed by atoms with E-state index in [1.807, 2.05) is 0 Å². The van der Waals surface area contributed by atoms with Gasteiger partial charge in [-0.2, -0.15) is 5.10 Å². The van der Waals surface area contributed by atoms with E-state index >= 15 is 0 Å². The van der Waals surface area contributed by atoms with E-state index in [4.69, 9.17) is 4.74 Å². The number of sulfonamides is 1. The lowest BCUT2D eigenvalue weighted by Gasteiger charge is -2.21. The van der Waals surface area contributed by atoms with E-state index < -0.39 is 10.0 Å². The van der Waals surface area contributed by atoms with Crippen molar-refractivity contribution in [1.82, 2.24) is 24.5 Å². The summed E-state index contributed by atoms with van der Waals surface area (Å²) in [6.45, 7) is 2.53. The molecule has 24 heavy (non-hydrogen) atoms. The maximum atomic E-state index is 12.3. The first-order valence-electron chi connectivity index (χ1n) is 7.88. The average Bonchev–Trinajstić information content (AvgIpc) is 2.94. The van der Waals surface area contributed by atoms with Gasteiger partial charge in [0.15, 0.2) is 5.82 Å². The zero-order chi connectivity index (χ0) is 17.2. The second kappa shape index (κ2) is 6.96. The molecule has 8 nitrogen and oxygen atoms in total. The molecule has 3 rings (SSSR count). The van der Waals surface area contributed by atoms with Gasteiger partial charge in [-0.3, -0.25) is 4.68 Å². The van der Waals surface area contributed by atoms with Gasteiger partial charge < -0.3 is 4.74 Å². The number of nitrogens with zero attached hydrogens (tertiary/aromatic N) is 4. The fraction of sp³-hybridized carbons (Fsp3) is 0.533. The van der Waals surface area contributed by atoms with Gasteiger partial charge in [0.2, 0.25) is 10.0 Å². The van der Waals surface area contributed by atoms with Gasteiger partial charge >= 0.3 is 0 Å². The first-order chi connectivity index (χ1) is 11.5. The summed E-state index contributed by atoms with van der Waals surface area (Å²) in [5.41, 5.74) is 1.16. The zero-order valence-corrected chi connectivity index (χ0v) is 14.6. The van der Waals surface area contributed by atoms with Crippen molar-refractivity contribution in [1.29, 1.82) is 0 Å². The van der Waals surface area contributed by atoms with Crippen molar-refractivity contribution in [3.8, 4) is 0 Å². The molecule has 2 aromatic rings. The minimum Gasteiger partial charge on any atom is -0.370 e. The molecule has 1 saturated heterocycles. The summed E-state index contributed by atoms with van der Waals surface area (Å²) < 4.78 is 34.3. The Bertz CT molecular complexity index is 795. The molecule has 0 saturated carbocycles. The Balaban J connectivity index is 1.65. The van der Waals surface area contributed by atoms with E-state index in [0.717, 1.165) is 25.9 Å². The van der Waals surface area contributed by atoms with Crippen LogP contribution >= 0.6 is 0 Å². The van der Waals surface area contributed by atoms with Gasteiger partial charge in [-0.15, -0.1) is 0 Å². The minimum atomic E-state index is -3.61. The predicted octanol–water partition coefficient (Wildman–Crippen LogP) is 1.24. The molecule has 0 spiro atoms. The summed E-state index contributed by atoms with van der Waals surface area (Å²) in [6, 6.07) is 0. The molecule has 0 aliphatic carbocycles. The molecule has 1 N–H and O–H groups in total. The SMILES string of the molecule is Cc1nn(C)cc1S(=O)(=O)NCc1cnc([C@@H]2CCCCO2)nc1. The number of hydrogen-bond acceptors (Lipinski definition) is 6. The molecule has 1 aliphatic rings. The summed E-state index contributed by atoms with van der Waals surface area (Å²) >= 11 is 0. The van der Waals surface area contributed by atoms with Crippen molar-refractivity contribution in [3.63, 3.8) is 0 Å². The van der Waals surface area contributed by atoms with E-state index in [1.165, 1.54) is 10.9 Å². The summed E-state index contributed by atoms with van der Waals surface area (Å²) in [7, 11) is -1.93. The maximum absolute atomic E-state index is 12.3. The molecule has 0 amide bonds. The van der Waals surface area contributed by atoms with Crippen LogP contribution in [0.2, 0.25) is 0 Å². The molecule has 9 heteroatoms. The highest BCUT2D eigenvalue weighted by molar-refractivity contribution is 7.89. The van der Waals surface area contributed by atoms with Crippen molar-refractivity contribution in [3.05, 3.63) is 35.7 Å². The van der Waals surface area contributed by atoms with Crippen molar-refractivity contribution < 1.29 is 13.2 Å². The number of hydrogen-bond donors (Lipinski definition) is 1. The first-order valence-corrected chi connectivity index (χ1v) is 9.36. The van der Waals surface area contributed by atoms with E-state index in [2.05, 4.69) is 19.8 Å². The lowest BCUT2D eigenvalue weighted by molar-refractivity contribution is 0.00940. The molecule has 1 atom stereocenters. The smallest absolute Gasteiger partial charge is 0.244 e. The Morgan fingerprint density at radius 2 is 2.08 bits per heavy atom. The largest absolute Gasteiger partial charge is 0.370 e. The van der Waals surface area contributed by atoms with Gasteiger partial charge in [-0.1, -0.05) is 0 Å². The molecule has 1 fully saturated rings. The molecule has 0 aromatic carbocycles. The highest BCUT2D eigenvalue weighted by Crippen LogP contribution is 2.24. The third-order valence-corrected chi connectivity index (χ3v) is 5.42. The van der Waals surface area contributed by atoms with Crippen LogP contribution in [0.15, 0.2) is 23.5 Å². The Labute approximate surface area is 141 Å². The standard InChI is InChI=1S/C15H21N5O3S/c1-11-14(10-20(2)19-11)24(21,22)18-9-12-7-16-15(17-8-12)13-5-3-4-6-23-13/h7-8,10,13,18H,3-6,9H2,1-2H3/t13-/m0/s1. The second-order valence-corrected chi connectivity index (χ2v) is 7.62. The molecule has 0 radical (unpaired) electrons. The van der Waals surface area contributed by atoms with Crippen LogP contribution in [0.5, 0.6) is 0 Å². The van der Waals surface area contributed by atoms with Gasteiger partial charge in [0.25, 0.3) is 0 Å². The topological polar surface area (TPSA) is 99.0 Å². The highest BCUT2D eigenvalue weighted by Gasteiger charge is 2.21. The molecular weight excluding hydrogens is 330 g/mol. The summed E-state index contributed by atoms with van der Waals surface area (Å²) in [4.78, 5) is 8.80. The van der Waals surface area contributed by atoms with Crippen LogP contribution in [-0.4, -0.2) is 34.8 Å². The highest BCUT2D eigenvalue weighted by atomic mass is 32.2. The minimum absolute atomic E-state index is 0.0532. The first kappa shape index (κ1) is 17.0. The van der Waals surface area contributed by atoms with Gasteiger partial charge in [-0.25, -0.2) is 23.1 Å². The number of nitrogens with one attached hydrogen (secondary N) is 1. The summed E-state index contributed by atoms with van der Waals surface area (Å²) in [6.07, 6.45) is 7.81. The van der Waals surface area contributed by atoms with Crippen molar-refractivity contribution in [2.24, 2.45) is 7.05 Å². The van der Waals surface area contributed by atoms with Crippen LogP contribution in [-0.2, 0) is 28.4 Å². The van der Waals surface area contributed by atoms with E-state index in [1.54, 1.807) is 26.4 Å². The average molecular weight is 351 g/mol. The predicted molar refractivity (Wildman–Crippen MR) is 86.5 cm³/mol. The second-order valence-electron chi connectivity index (χ2n) is 5.88. The van der Waals surface area contributed by atoms with Gasteiger partial charge in [0, 0.05) is 44.4 Å². The monoisotopic (exact) mass is 351 g/mol. The number of rotatable bonds is 5. The third-order valence-electron chi connectivity index (χ3n) is 3.92. The molecule has 3 heterocycles. The Kier molecular flexibility index (Phi) is 4.93. The molecule has 130 valence electrons. The fourth-order valence-corrected chi connectivity index (χ4v) is 3.90. The van der Waals surface area contributed by atoms with E-state index in [9.17, 15) is 8.42 Å². The van der Waals surface area contributed by atoms with Gasteiger partial charge in [0.1, 0.15) is 11.0 Å². The molecule has 1 aliphatic heterocycles. The van der Waals surface area contributed by atoms with Gasteiger partial charge in [-0.05, 0) is 26.2 Å². The number of aryl methyl sites for hydroxylation is 2. The van der Waals surface area contributed by atoms with Crippen LogP contribution in [0, 0.1) is 6.92 Å². The summed E-state index contributed by atoms with van der Waals surface area (Å²) in [5.74, 6) is 0.657. The van der Waals surface area contributed by atoms with Crippen molar-refractivity contribution >= 4 is 10.0 Å². The zero-order valence-electron chi connectivity index (χ0n) is 13.8. The Morgan fingerprint density at radius 1 is 1.33 bits per heavy atom. The fourth-order valence-electron chi connectivity index (χ4n) is 2.66. The van der Waals surface area contributed by atoms with Crippen LogP contribution < -0.4 is 4.72 Å². The molecular formula is C15H21N5O3S. The van der Waals surface area contributed by atoms with Crippen LogP contribution in [0.4, 0.5) is 0 Å². The lowest BCUT2D eigenvalue weighted by Crippen LogP contribution is -2.24. The van der Waals surface area contributed by atoms with E-state index in [0.29, 0.717) is 17.1 Å². The van der Waals surface area contributed by atoms with Crippen LogP contribution in [0.25, 0.3) is 0 Å². The maximum Gasteiger partial charge on any atom is 0.244 e. The molecule has 0 bridgehead atoms. The third kappa shape index (κ3) is 3.80. The van der Waals surface area contributed by atoms with Gasteiger partial charge in [0.05, 0.1) is 5.69 Å². The van der Waals surface area contributed by atoms with Crippen molar-refractivity contribution in [2.45, 2.75) is 43.7 Å². The lowest BCUT2D eigenvalue weighted by atomic mass is 10.1. The quantitative estimate of drug-likeness (QED) is 0.870. The van der Waals surface area contributed by atoms with Crippen LogP contribution in [0.1, 0.15) is 42.4 Å². The number of aromatic nitrogens is 4. The molecule has 0 unspecified atom stereocenters. The van der Waals surface area contributed by atoms with Crippen LogP contribution in [0.3, 0.4) is 0 Å². The number of ether oxygens (including phenoxy) is 1. The van der Waals surface area contributed by atoms with Crippen molar-refractivity contribution in [2.75, 3.05) is 6.61 Å². The Morgan fingerprint density at radius 3 is 2.67 bits per heavy atom. The summed E-state index contributed by atoms with van der Waals surface area (Å²) in [5, 5.41) is 4.05. The van der Waals surface area contributed by atoms with E-state index in [-0.39, 0.29) is 17.5 Å².